The predicted octanol–water partition coefficient (Wildman–Crippen LogP) is 2.89. The molecule has 6 nitrogen and oxygen atoms in total. The summed E-state index contributed by atoms with van der Waals surface area (Å²) in [4.78, 5) is 26.2. The third-order valence-corrected chi connectivity index (χ3v) is 5.02. The molecule has 6 heteroatoms. The maximum absolute atomic E-state index is 12.4. The number of nitrogens with zero attached hydrogens (tertiary/aromatic N) is 1. The zero-order valence-corrected chi connectivity index (χ0v) is 15.8. The molecule has 2 aliphatic rings. The quantitative estimate of drug-likeness (QED) is 0.621. The van der Waals surface area contributed by atoms with E-state index in [1.165, 1.54) is 0 Å². The Bertz CT molecular complexity index is 520. The van der Waals surface area contributed by atoms with E-state index < -0.39 is 17.1 Å². The van der Waals surface area contributed by atoms with E-state index in [0.717, 1.165) is 5.57 Å². The lowest BCUT2D eigenvalue weighted by molar-refractivity contribution is -0.172. The Morgan fingerprint density at radius 2 is 1.88 bits per heavy atom. The standard InChI is InChI=1S/C19H31NO5/c1-6-24-16(22)19(11-13(2)12-19)15(21)14-7-9-20(10-8-14)17(23)25-18(3,4)5/h14-15,21H,2,6-12H2,1,3-5H3. The van der Waals surface area contributed by atoms with E-state index in [9.17, 15) is 14.7 Å². The smallest absolute Gasteiger partial charge is 0.410 e. The van der Waals surface area contributed by atoms with Crippen molar-refractivity contribution in [3.05, 3.63) is 12.2 Å². The average Bonchev–Trinajstić information content (AvgIpc) is 2.49. The fourth-order valence-corrected chi connectivity index (χ4v) is 3.76. The number of aliphatic hydroxyl groups excluding tert-OH is 1. The van der Waals surface area contributed by atoms with Crippen LogP contribution in [-0.4, -0.2) is 53.5 Å². The van der Waals surface area contributed by atoms with Crippen molar-refractivity contribution in [3.8, 4) is 0 Å². The van der Waals surface area contributed by atoms with Crippen molar-refractivity contribution in [3.63, 3.8) is 0 Å². The van der Waals surface area contributed by atoms with Gasteiger partial charge in [0, 0.05) is 13.1 Å². The number of aliphatic hydroxyl groups is 1. The Balaban J connectivity index is 1.96. The van der Waals surface area contributed by atoms with Crippen molar-refractivity contribution < 1.29 is 24.2 Å². The monoisotopic (exact) mass is 353 g/mol. The number of hydrogen-bond acceptors (Lipinski definition) is 5. The maximum atomic E-state index is 12.4. The number of likely N-dealkylation sites (tertiary alicyclic amines) is 1. The first kappa shape index (κ1) is 19.8. The van der Waals surface area contributed by atoms with Crippen molar-refractivity contribution in [1.29, 1.82) is 0 Å². The number of rotatable bonds is 4. The molecule has 0 spiro atoms. The van der Waals surface area contributed by atoms with Gasteiger partial charge in [0.05, 0.1) is 12.7 Å². The summed E-state index contributed by atoms with van der Waals surface area (Å²) in [7, 11) is 0. The molecule has 2 rings (SSSR count). The SMILES string of the molecule is C=C1CC(C(=O)OCC)(C(O)C2CCN(C(=O)OC(C)(C)C)CC2)C1. The predicted molar refractivity (Wildman–Crippen MR) is 94.0 cm³/mol. The summed E-state index contributed by atoms with van der Waals surface area (Å²) in [6.07, 6.45) is 1.18. The van der Waals surface area contributed by atoms with Gasteiger partial charge in [0.25, 0.3) is 0 Å². The molecule has 0 aromatic carbocycles. The van der Waals surface area contributed by atoms with E-state index in [1.807, 2.05) is 20.8 Å². The highest BCUT2D eigenvalue weighted by molar-refractivity contribution is 5.80. The molecule has 1 aliphatic heterocycles. The second kappa shape index (κ2) is 7.36. The van der Waals surface area contributed by atoms with Crippen molar-refractivity contribution in [2.75, 3.05) is 19.7 Å². The van der Waals surface area contributed by atoms with Crippen LogP contribution in [-0.2, 0) is 14.3 Å². The number of amides is 1. The normalized spacial score (nSPS) is 22.1. The van der Waals surface area contributed by atoms with Crippen LogP contribution in [0.2, 0.25) is 0 Å². The third kappa shape index (κ3) is 4.35. The molecule has 0 aromatic rings. The maximum Gasteiger partial charge on any atom is 0.410 e. The molecule has 1 atom stereocenters. The molecule has 2 fully saturated rings. The summed E-state index contributed by atoms with van der Waals surface area (Å²) in [5.41, 5.74) is -0.405. The van der Waals surface area contributed by atoms with E-state index in [4.69, 9.17) is 9.47 Å². The van der Waals surface area contributed by atoms with Gasteiger partial charge in [-0.25, -0.2) is 4.79 Å². The lowest BCUT2D eigenvalue weighted by Crippen LogP contribution is -2.54. The van der Waals surface area contributed by atoms with E-state index >= 15 is 0 Å². The van der Waals surface area contributed by atoms with E-state index in [0.29, 0.717) is 45.4 Å². The molecule has 0 radical (unpaired) electrons. The van der Waals surface area contributed by atoms with Crippen molar-refractivity contribution >= 4 is 12.1 Å². The molecule has 1 saturated heterocycles. The van der Waals surface area contributed by atoms with Gasteiger partial charge in [-0.05, 0) is 59.3 Å². The number of hydrogen-bond donors (Lipinski definition) is 1. The molecule has 1 amide bonds. The average molecular weight is 353 g/mol. The molecule has 0 aromatic heterocycles. The first-order valence-corrected chi connectivity index (χ1v) is 9.09. The van der Waals surface area contributed by atoms with Crippen LogP contribution in [0.25, 0.3) is 0 Å². The number of carbonyl (C=O) groups is 2. The minimum absolute atomic E-state index is 0.0313. The van der Waals surface area contributed by atoms with Gasteiger partial charge in [0.1, 0.15) is 11.0 Å². The molecule has 25 heavy (non-hydrogen) atoms. The first-order chi connectivity index (χ1) is 11.6. The zero-order chi connectivity index (χ0) is 18.8. The van der Waals surface area contributed by atoms with Crippen LogP contribution in [0.4, 0.5) is 4.79 Å². The van der Waals surface area contributed by atoms with Gasteiger partial charge < -0.3 is 19.5 Å². The van der Waals surface area contributed by atoms with Gasteiger partial charge in [-0.2, -0.15) is 0 Å². The highest BCUT2D eigenvalue weighted by Crippen LogP contribution is 2.51. The summed E-state index contributed by atoms with van der Waals surface area (Å²) in [6, 6.07) is 0. The molecular weight excluding hydrogens is 322 g/mol. The molecule has 142 valence electrons. The van der Waals surface area contributed by atoms with Gasteiger partial charge in [-0.3, -0.25) is 4.79 Å². The van der Waals surface area contributed by atoms with Gasteiger partial charge in [-0.15, -0.1) is 0 Å². The van der Waals surface area contributed by atoms with Crippen molar-refractivity contribution in [1.82, 2.24) is 4.90 Å². The first-order valence-electron chi connectivity index (χ1n) is 9.09. The minimum Gasteiger partial charge on any atom is -0.465 e. The molecule has 1 N–H and O–H groups in total. The van der Waals surface area contributed by atoms with Crippen LogP contribution in [0.5, 0.6) is 0 Å². The second-order valence-electron chi connectivity index (χ2n) is 8.23. The Morgan fingerprint density at radius 1 is 1.32 bits per heavy atom. The van der Waals surface area contributed by atoms with Gasteiger partial charge in [-0.1, -0.05) is 12.2 Å². The van der Waals surface area contributed by atoms with Gasteiger partial charge >= 0.3 is 12.1 Å². The van der Waals surface area contributed by atoms with Crippen LogP contribution in [0, 0.1) is 11.3 Å². The molecule has 1 aliphatic carbocycles. The van der Waals surface area contributed by atoms with Crippen LogP contribution in [0.15, 0.2) is 12.2 Å². The van der Waals surface area contributed by atoms with Crippen LogP contribution < -0.4 is 0 Å². The second-order valence-corrected chi connectivity index (χ2v) is 8.23. The van der Waals surface area contributed by atoms with Crippen LogP contribution in [0.1, 0.15) is 53.4 Å². The molecule has 1 saturated carbocycles. The fraction of sp³-hybridized carbons (Fsp3) is 0.789. The topological polar surface area (TPSA) is 76.1 Å². The Hall–Kier alpha value is -1.56. The van der Waals surface area contributed by atoms with Crippen LogP contribution >= 0.6 is 0 Å². The van der Waals surface area contributed by atoms with Crippen molar-refractivity contribution in [2.24, 2.45) is 11.3 Å². The number of carbonyl (C=O) groups excluding carboxylic acids is 2. The minimum atomic E-state index is -0.855. The van der Waals surface area contributed by atoms with Gasteiger partial charge in [0.2, 0.25) is 0 Å². The molecule has 0 bridgehead atoms. The zero-order valence-electron chi connectivity index (χ0n) is 15.8. The molecule has 1 heterocycles. The number of esters is 1. The lowest BCUT2D eigenvalue weighted by Gasteiger charge is -2.48. The van der Waals surface area contributed by atoms with E-state index in [-0.39, 0.29) is 18.0 Å². The number of ether oxygens (including phenoxy) is 2. The van der Waals surface area contributed by atoms with Crippen molar-refractivity contribution in [2.45, 2.75) is 65.1 Å². The molecular formula is C19H31NO5. The fourth-order valence-electron chi connectivity index (χ4n) is 3.76. The largest absolute Gasteiger partial charge is 0.465 e. The summed E-state index contributed by atoms with van der Waals surface area (Å²) in [6.45, 7) is 12.6. The third-order valence-electron chi connectivity index (χ3n) is 5.02. The number of piperidine rings is 1. The van der Waals surface area contributed by atoms with E-state index in [2.05, 4.69) is 6.58 Å². The van der Waals surface area contributed by atoms with Gasteiger partial charge in [0.15, 0.2) is 0 Å². The highest BCUT2D eigenvalue weighted by atomic mass is 16.6. The Morgan fingerprint density at radius 3 is 2.32 bits per heavy atom. The summed E-state index contributed by atoms with van der Waals surface area (Å²) >= 11 is 0. The molecule has 1 unspecified atom stereocenters. The highest BCUT2D eigenvalue weighted by Gasteiger charge is 2.55. The lowest BCUT2D eigenvalue weighted by atomic mass is 9.59. The number of allylic oxidation sites excluding steroid dienone is 1. The van der Waals surface area contributed by atoms with Crippen LogP contribution in [0.3, 0.4) is 0 Å². The van der Waals surface area contributed by atoms with E-state index in [1.54, 1.807) is 11.8 Å². The summed E-state index contributed by atoms with van der Waals surface area (Å²) in [5, 5.41) is 10.9. The summed E-state index contributed by atoms with van der Waals surface area (Å²) in [5.74, 6) is -0.360. The Kier molecular flexibility index (Phi) is 5.82. The Labute approximate surface area is 150 Å². The summed E-state index contributed by atoms with van der Waals surface area (Å²) < 4.78 is 10.6.